The lowest BCUT2D eigenvalue weighted by atomic mass is 10.1. The molecule has 2 aromatic carbocycles. The van der Waals surface area contributed by atoms with Gasteiger partial charge in [0.25, 0.3) is 5.91 Å². The number of hydrogen-bond donors (Lipinski definition) is 1. The fourth-order valence-corrected chi connectivity index (χ4v) is 3.46. The highest BCUT2D eigenvalue weighted by atomic mass is 16.5. The molecule has 184 valence electrons. The number of anilines is 1. The molecule has 9 heteroatoms. The molecular formula is C26H29N3O6. The van der Waals surface area contributed by atoms with Crippen molar-refractivity contribution in [1.82, 2.24) is 9.78 Å². The number of aromatic nitrogens is 2. The van der Waals surface area contributed by atoms with Crippen LogP contribution in [0.5, 0.6) is 17.2 Å². The van der Waals surface area contributed by atoms with Gasteiger partial charge < -0.3 is 24.3 Å². The molecule has 1 amide bonds. The highest BCUT2D eigenvalue weighted by Crippen LogP contribution is 2.35. The van der Waals surface area contributed by atoms with Gasteiger partial charge in [-0.05, 0) is 45.0 Å². The molecular weight excluding hydrogens is 450 g/mol. The molecule has 1 N–H and O–H groups in total. The van der Waals surface area contributed by atoms with Crippen molar-refractivity contribution in [2.45, 2.75) is 20.8 Å². The molecule has 0 saturated heterocycles. The Morgan fingerprint density at radius 1 is 0.943 bits per heavy atom. The summed E-state index contributed by atoms with van der Waals surface area (Å²) in [6, 6.07) is 11.2. The fraction of sp³-hybridized carbons (Fsp3) is 0.269. The zero-order valence-electron chi connectivity index (χ0n) is 20.7. The van der Waals surface area contributed by atoms with Crippen LogP contribution in [-0.2, 0) is 14.3 Å². The van der Waals surface area contributed by atoms with Crippen LogP contribution in [0.3, 0.4) is 0 Å². The summed E-state index contributed by atoms with van der Waals surface area (Å²) in [5.41, 5.74) is 4.62. The van der Waals surface area contributed by atoms with Gasteiger partial charge in [-0.3, -0.25) is 4.79 Å². The van der Waals surface area contributed by atoms with Crippen LogP contribution in [0.25, 0.3) is 11.8 Å². The molecule has 1 heterocycles. The van der Waals surface area contributed by atoms with Crippen molar-refractivity contribution in [2.24, 2.45) is 0 Å². The molecule has 0 aliphatic heterocycles. The molecule has 0 saturated carbocycles. The number of esters is 1. The number of hydrogen-bond acceptors (Lipinski definition) is 7. The van der Waals surface area contributed by atoms with Crippen molar-refractivity contribution in [2.75, 3.05) is 33.3 Å². The van der Waals surface area contributed by atoms with Crippen LogP contribution in [0.2, 0.25) is 0 Å². The van der Waals surface area contributed by atoms with E-state index in [1.54, 1.807) is 23.7 Å². The second-order valence-electron chi connectivity index (χ2n) is 7.73. The van der Waals surface area contributed by atoms with Crippen LogP contribution >= 0.6 is 0 Å². The van der Waals surface area contributed by atoms with E-state index in [9.17, 15) is 9.59 Å². The zero-order chi connectivity index (χ0) is 25.5. The van der Waals surface area contributed by atoms with E-state index in [0.717, 1.165) is 16.9 Å². The lowest BCUT2D eigenvalue weighted by Crippen LogP contribution is -2.20. The summed E-state index contributed by atoms with van der Waals surface area (Å²) in [7, 11) is 4.54. The molecule has 0 fully saturated rings. The minimum absolute atomic E-state index is 0.444. The molecule has 0 radical (unpaired) electrons. The highest BCUT2D eigenvalue weighted by Gasteiger charge is 2.16. The number of nitrogens with zero attached hydrogens (tertiary/aromatic N) is 2. The van der Waals surface area contributed by atoms with Crippen LogP contribution in [0.4, 0.5) is 5.69 Å². The van der Waals surface area contributed by atoms with E-state index in [2.05, 4.69) is 10.4 Å². The number of rotatable bonds is 9. The van der Waals surface area contributed by atoms with Gasteiger partial charge in [0.05, 0.1) is 44.1 Å². The molecule has 0 aliphatic rings. The SMILES string of the molecule is COc1cc(OC)c(OC)cc1/C=C/C(=O)OCC(=O)Nc1c(C)nn(-c2ccc(C)cc2)c1C. The first-order valence-corrected chi connectivity index (χ1v) is 10.8. The third-order valence-electron chi connectivity index (χ3n) is 5.31. The summed E-state index contributed by atoms with van der Waals surface area (Å²) < 4.78 is 22.7. The number of ether oxygens (including phenoxy) is 4. The van der Waals surface area contributed by atoms with Crippen molar-refractivity contribution >= 4 is 23.6 Å². The van der Waals surface area contributed by atoms with E-state index in [1.165, 1.54) is 33.5 Å². The van der Waals surface area contributed by atoms with E-state index >= 15 is 0 Å². The lowest BCUT2D eigenvalue weighted by molar-refractivity contribution is -0.142. The monoisotopic (exact) mass is 479 g/mol. The maximum atomic E-state index is 12.4. The van der Waals surface area contributed by atoms with Crippen molar-refractivity contribution < 1.29 is 28.5 Å². The summed E-state index contributed by atoms with van der Waals surface area (Å²) in [4.78, 5) is 24.6. The largest absolute Gasteiger partial charge is 0.496 e. The molecule has 0 spiro atoms. The molecule has 0 aliphatic carbocycles. The van der Waals surface area contributed by atoms with Crippen molar-refractivity contribution in [1.29, 1.82) is 0 Å². The van der Waals surface area contributed by atoms with Gasteiger partial charge in [-0.15, -0.1) is 0 Å². The number of carbonyl (C=O) groups excluding carboxylic acids is 2. The Bertz CT molecular complexity index is 1240. The normalized spacial score (nSPS) is 10.8. The molecule has 1 aromatic heterocycles. The maximum Gasteiger partial charge on any atom is 0.331 e. The van der Waals surface area contributed by atoms with Crippen LogP contribution in [0, 0.1) is 20.8 Å². The summed E-state index contributed by atoms with van der Waals surface area (Å²) >= 11 is 0. The van der Waals surface area contributed by atoms with E-state index in [0.29, 0.717) is 34.2 Å². The third kappa shape index (κ3) is 6.00. The third-order valence-corrected chi connectivity index (χ3v) is 5.31. The molecule has 0 unspecified atom stereocenters. The average molecular weight is 480 g/mol. The van der Waals surface area contributed by atoms with Gasteiger partial charge in [0.1, 0.15) is 5.75 Å². The molecule has 0 atom stereocenters. The van der Waals surface area contributed by atoms with Crippen LogP contribution in [0.1, 0.15) is 22.5 Å². The predicted molar refractivity (Wildman–Crippen MR) is 132 cm³/mol. The molecule has 9 nitrogen and oxygen atoms in total. The number of benzene rings is 2. The average Bonchev–Trinajstić information content (AvgIpc) is 3.14. The number of methoxy groups -OCH3 is 3. The lowest BCUT2D eigenvalue weighted by Gasteiger charge is -2.12. The maximum absolute atomic E-state index is 12.4. The fourth-order valence-electron chi connectivity index (χ4n) is 3.46. The zero-order valence-corrected chi connectivity index (χ0v) is 20.7. The highest BCUT2D eigenvalue weighted by molar-refractivity contribution is 5.95. The predicted octanol–water partition coefficient (Wildman–Crippen LogP) is 4.02. The van der Waals surface area contributed by atoms with Gasteiger partial charge in [-0.25, -0.2) is 9.48 Å². The Kier molecular flexibility index (Phi) is 8.14. The first kappa shape index (κ1) is 25.4. The van der Waals surface area contributed by atoms with Crippen LogP contribution in [-0.4, -0.2) is 49.6 Å². The van der Waals surface area contributed by atoms with Crippen LogP contribution in [0.15, 0.2) is 42.5 Å². The molecule has 0 bridgehead atoms. The second-order valence-corrected chi connectivity index (χ2v) is 7.73. The van der Waals surface area contributed by atoms with Crippen molar-refractivity contribution in [3.05, 3.63) is 65.0 Å². The Hall–Kier alpha value is -4.27. The Balaban J connectivity index is 1.63. The topological polar surface area (TPSA) is 101 Å². The number of amides is 1. The van der Waals surface area contributed by atoms with Crippen molar-refractivity contribution in [3.8, 4) is 22.9 Å². The molecule has 35 heavy (non-hydrogen) atoms. The van der Waals surface area contributed by atoms with Crippen LogP contribution < -0.4 is 19.5 Å². The van der Waals surface area contributed by atoms with Gasteiger partial charge in [-0.2, -0.15) is 5.10 Å². The number of aryl methyl sites for hydroxylation is 2. The minimum Gasteiger partial charge on any atom is -0.496 e. The first-order chi connectivity index (χ1) is 16.8. The summed E-state index contributed by atoms with van der Waals surface area (Å²) in [5.74, 6) is 0.321. The van der Waals surface area contributed by atoms with E-state index in [4.69, 9.17) is 18.9 Å². The van der Waals surface area contributed by atoms with Gasteiger partial charge in [0, 0.05) is 17.7 Å². The van der Waals surface area contributed by atoms with E-state index in [-0.39, 0.29) is 0 Å². The number of nitrogens with one attached hydrogen (secondary N) is 1. The first-order valence-electron chi connectivity index (χ1n) is 10.8. The quantitative estimate of drug-likeness (QED) is 0.365. The Labute approximate surface area is 204 Å². The molecule has 3 rings (SSSR count). The van der Waals surface area contributed by atoms with Crippen molar-refractivity contribution in [3.63, 3.8) is 0 Å². The summed E-state index contributed by atoms with van der Waals surface area (Å²) in [6.07, 6.45) is 2.73. The summed E-state index contributed by atoms with van der Waals surface area (Å²) in [5, 5.41) is 7.30. The Morgan fingerprint density at radius 2 is 1.57 bits per heavy atom. The van der Waals surface area contributed by atoms with E-state index < -0.39 is 18.5 Å². The van der Waals surface area contributed by atoms with Gasteiger partial charge >= 0.3 is 5.97 Å². The standard InChI is InChI=1S/C26H29N3O6/c1-16-7-10-20(11-8-16)29-18(3)26(17(2)28-29)27-24(30)15-35-25(31)12-9-19-13-22(33-5)23(34-6)14-21(19)32-4/h7-14H,15H2,1-6H3,(H,27,30)/b12-9+. The van der Waals surface area contributed by atoms with Gasteiger partial charge in [0.15, 0.2) is 18.1 Å². The second kappa shape index (κ2) is 11.2. The molecule has 3 aromatic rings. The Morgan fingerprint density at radius 3 is 2.20 bits per heavy atom. The smallest absolute Gasteiger partial charge is 0.331 e. The van der Waals surface area contributed by atoms with E-state index in [1.807, 2.05) is 38.1 Å². The van der Waals surface area contributed by atoms with Gasteiger partial charge in [-0.1, -0.05) is 17.7 Å². The number of carbonyl (C=O) groups is 2. The summed E-state index contributed by atoms with van der Waals surface area (Å²) in [6.45, 7) is 5.23. The van der Waals surface area contributed by atoms with Gasteiger partial charge in [0.2, 0.25) is 0 Å². The minimum atomic E-state index is -0.680.